The zero-order valence-electron chi connectivity index (χ0n) is 9.89. The van der Waals surface area contributed by atoms with Gasteiger partial charge in [0, 0.05) is 30.2 Å². The molecule has 0 fully saturated rings. The minimum absolute atomic E-state index is 0.472. The fourth-order valence-electron chi connectivity index (χ4n) is 2.47. The summed E-state index contributed by atoms with van der Waals surface area (Å²) < 4.78 is 0. The maximum atomic E-state index is 11.0. The second-order valence-corrected chi connectivity index (χ2v) is 4.47. The minimum Gasteiger partial charge on any atom is -0.465 e. The van der Waals surface area contributed by atoms with Gasteiger partial charge in [-0.3, -0.25) is 0 Å². The molecule has 0 radical (unpaired) electrons. The largest absolute Gasteiger partial charge is 0.465 e. The second kappa shape index (κ2) is 4.22. The van der Waals surface area contributed by atoms with E-state index in [9.17, 15) is 4.79 Å². The molecule has 1 amide bonds. The molecular formula is C14H14N2O2. The smallest absolute Gasteiger partial charge is 0.407 e. The van der Waals surface area contributed by atoms with Crippen LogP contribution in [-0.4, -0.2) is 34.2 Å². The first kappa shape index (κ1) is 10.9. The van der Waals surface area contributed by atoms with Gasteiger partial charge in [-0.15, -0.1) is 0 Å². The Morgan fingerprint density at radius 1 is 1.33 bits per heavy atom. The van der Waals surface area contributed by atoms with Crippen LogP contribution in [0.15, 0.2) is 36.5 Å². The van der Waals surface area contributed by atoms with Crippen LogP contribution in [0.1, 0.15) is 12.0 Å². The fraction of sp³-hybridized carbons (Fsp3) is 0.214. The highest BCUT2D eigenvalue weighted by molar-refractivity contribution is 5.93. The number of carboxylic acid groups (broad SMARTS) is 1. The maximum Gasteiger partial charge on any atom is 0.407 e. The van der Waals surface area contributed by atoms with Gasteiger partial charge in [-0.05, 0) is 29.7 Å². The lowest BCUT2D eigenvalue weighted by Gasteiger charge is -2.25. The molecule has 2 heterocycles. The van der Waals surface area contributed by atoms with Crippen molar-refractivity contribution in [1.29, 1.82) is 0 Å². The van der Waals surface area contributed by atoms with Crippen molar-refractivity contribution in [2.24, 2.45) is 0 Å². The van der Waals surface area contributed by atoms with Gasteiger partial charge < -0.3 is 15.0 Å². The summed E-state index contributed by atoms with van der Waals surface area (Å²) in [5.41, 5.74) is 3.30. The highest BCUT2D eigenvalue weighted by Gasteiger charge is 2.19. The number of aromatic nitrogens is 1. The average molecular weight is 242 g/mol. The molecule has 0 saturated carbocycles. The van der Waals surface area contributed by atoms with Crippen LogP contribution in [0.25, 0.3) is 16.5 Å². The van der Waals surface area contributed by atoms with E-state index in [2.05, 4.69) is 11.1 Å². The van der Waals surface area contributed by atoms with Crippen molar-refractivity contribution in [3.8, 4) is 0 Å². The van der Waals surface area contributed by atoms with Crippen LogP contribution in [0.5, 0.6) is 0 Å². The zero-order valence-corrected chi connectivity index (χ0v) is 9.89. The molecule has 4 nitrogen and oxygen atoms in total. The van der Waals surface area contributed by atoms with Gasteiger partial charge in [-0.25, -0.2) is 4.79 Å². The van der Waals surface area contributed by atoms with E-state index in [1.807, 2.05) is 30.5 Å². The summed E-state index contributed by atoms with van der Waals surface area (Å²) in [6.07, 6.45) is 3.98. The Morgan fingerprint density at radius 3 is 3.06 bits per heavy atom. The molecule has 1 aliphatic rings. The van der Waals surface area contributed by atoms with Crippen molar-refractivity contribution in [2.75, 3.05) is 13.1 Å². The van der Waals surface area contributed by atoms with Gasteiger partial charge in [0.2, 0.25) is 0 Å². The van der Waals surface area contributed by atoms with Crippen LogP contribution in [0, 0.1) is 0 Å². The van der Waals surface area contributed by atoms with Crippen LogP contribution < -0.4 is 0 Å². The lowest BCUT2D eigenvalue weighted by atomic mass is 9.98. The Kier molecular flexibility index (Phi) is 2.55. The number of rotatable bonds is 1. The number of hydrogen-bond donors (Lipinski definition) is 2. The molecule has 2 aromatic rings. The topological polar surface area (TPSA) is 56.3 Å². The van der Waals surface area contributed by atoms with Gasteiger partial charge >= 0.3 is 6.09 Å². The minimum atomic E-state index is -0.846. The third kappa shape index (κ3) is 1.76. The number of amides is 1. The van der Waals surface area contributed by atoms with E-state index in [1.165, 1.54) is 4.90 Å². The number of carbonyl (C=O) groups is 1. The summed E-state index contributed by atoms with van der Waals surface area (Å²) in [6, 6.07) is 8.10. The van der Waals surface area contributed by atoms with E-state index in [0.717, 1.165) is 28.5 Å². The van der Waals surface area contributed by atoms with E-state index in [-0.39, 0.29) is 0 Å². The number of nitrogens with zero attached hydrogens (tertiary/aromatic N) is 1. The van der Waals surface area contributed by atoms with Gasteiger partial charge in [0.1, 0.15) is 0 Å². The van der Waals surface area contributed by atoms with Crippen molar-refractivity contribution in [2.45, 2.75) is 6.42 Å². The van der Waals surface area contributed by atoms with Crippen molar-refractivity contribution in [1.82, 2.24) is 9.88 Å². The predicted octanol–water partition coefficient (Wildman–Crippen LogP) is 2.94. The van der Waals surface area contributed by atoms with Gasteiger partial charge in [0.15, 0.2) is 0 Å². The molecule has 0 bridgehead atoms. The monoisotopic (exact) mass is 242 g/mol. The highest BCUT2D eigenvalue weighted by atomic mass is 16.4. The van der Waals surface area contributed by atoms with Gasteiger partial charge in [0.25, 0.3) is 0 Å². The molecule has 18 heavy (non-hydrogen) atoms. The standard InChI is InChI=1S/C14H14N2O2/c17-14(18)16-8-2-3-10(9-16)11-4-1-5-13-12(11)6-7-15-13/h1,3-7,15H,2,8-9H2,(H,17,18). The lowest BCUT2D eigenvalue weighted by Crippen LogP contribution is -2.34. The molecule has 2 N–H and O–H groups in total. The van der Waals surface area contributed by atoms with E-state index in [0.29, 0.717) is 13.1 Å². The van der Waals surface area contributed by atoms with E-state index in [4.69, 9.17) is 5.11 Å². The number of benzene rings is 1. The van der Waals surface area contributed by atoms with Crippen LogP contribution in [0.3, 0.4) is 0 Å². The molecule has 4 heteroatoms. The molecule has 92 valence electrons. The summed E-state index contributed by atoms with van der Waals surface area (Å²) in [5.74, 6) is 0. The molecule has 3 rings (SSSR count). The highest BCUT2D eigenvalue weighted by Crippen LogP contribution is 2.27. The van der Waals surface area contributed by atoms with E-state index >= 15 is 0 Å². The first-order valence-electron chi connectivity index (χ1n) is 5.99. The van der Waals surface area contributed by atoms with Crippen molar-refractivity contribution in [3.63, 3.8) is 0 Å². The van der Waals surface area contributed by atoms with E-state index in [1.54, 1.807) is 0 Å². The maximum absolute atomic E-state index is 11.0. The first-order chi connectivity index (χ1) is 8.75. The molecule has 0 atom stereocenters. The van der Waals surface area contributed by atoms with Crippen LogP contribution in [0.4, 0.5) is 4.79 Å². The average Bonchev–Trinajstić information content (AvgIpc) is 2.87. The molecule has 0 unspecified atom stereocenters. The van der Waals surface area contributed by atoms with Gasteiger partial charge in [-0.1, -0.05) is 18.2 Å². The van der Waals surface area contributed by atoms with Gasteiger partial charge in [0.05, 0.1) is 0 Å². The molecule has 1 aromatic carbocycles. The zero-order chi connectivity index (χ0) is 12.5. The van der Waals surface area contributed by atoms with Crippen molar-refractivity contribution < 1.29 is 9.90 Å². The summed E-state index contributed by atoms with van der Waals surface area (Å²) in [4.78, 5) is 15.7. The van der Waals surface area contributed by atoms with Crippen LogP contribution >= 0.6 is 0 Å². The van der Waals surface area contributed by atoms with Crippen molar-refractivity contribution >= 4 is 22.6 Å². The van der Waals surface area contributed by atoms with Crippen molar-refractivity contribution in [3.05, 3.63) is 42.1 Å². The number of fused-ring (bicyclic) bond motifs is 1. The number of H-pyrrole nitrogens is 1. The SMILES string of the molecule is O=C(O)N1CCC=C(c2cccc3[nH]ccc23)C1. The van der Waals surface area contributed by atoms with Crippen LogP contribution in [0.2, 0.25) is 0 Å². The second-order valence-electron chi connectivity index (χ2n) is 4.47. The lowest BCUT2D eigenvalue weighted by molar-refractivity contribution is 0.150. The fourth-order valence-corrected chi connectivity index (χ4v) is 2.47. The summed E-state index contributed by atoms with van der Waals surface area (Å²) in [5, 5.41) is 10.2. The van der Waals surface area contributed by atoms with E-state index < -0.39 is 6.09 Å². The predicted molar refractivity (Wildman–Crippen MR) is 70.5 cm³/mol. The Morgan fingerprint density at radius 2 is 2.22 bits per heavy atom. The molecule has 0 aliphatic carbocycles. The Hall–Kier alpha value is -2.23. The third-order valence-corrected chi connectivity index (χ3v) is 3.36. The summed E-state index contributed by atoms with van der Waals surface area (Å²) in [6.45, 7) is 1.06. The molecule has 0 saturated heterocycles. The molecule has 1 aromatic heterocycles. The first-order valence-corrected chi connectivity index (χ1v) is 5.99. The number of hydrogen-bond acceptors (Lipinski definition) is 1. The Labute approximate surface area is 105 Å². The van der Waals surface area contributed by atoms with Crippen LogP contribution in [-0.2, 0) is 0 Å². The van der Waals surface area contributed by atoms with Gasteiger partial charge in [-0.2, -0.15) is 0 Å². The number of aromatic amines is 1. The molecular weight excluding hydrogens is 228 g/mol. The Balaban J connectivity index is 2.02. The quantitative estimate of drug-likeness (QED) is 0.807. The third-order valence-electron chi connectivity index (χ3n) is 3.36. The molecule has 1 aliphatic heterocycles. The summed E-state index contributed by atoms with van der Waals surface area (Å²) in [7, 11) is 0. The molecule has 0 spiro atoms. The Bertz CT molecular complexity index is 628. The number of nitrogens with one attached hydrogen (secondary N) is 1. The summed E-state index contributed by atoms with van der Waals surface area (Å²) >= 11 is 0. The normalized spacial score (nSPS) is 15.8.